The van der Waals surface area contributed by atoms with Crippen LogP contribution in [0.1, 0.15) is 19.3 Å². The number of anilines is 1. The molecule has 1 unspecified atom stereocenters. The van der Waals surface area contributed by atoms with Gasteiger partial charge in [-0.25, -0.2) is 0 Å². The minimum Gasteiger partial charge on any atom is -0.367 e. The van der Waals surface area contributed by atoms with Crippen LogP contribution in [0.2, 0.25) is 5.02 Å². The van der Waals surface area contributed by atoms with Crippen LogP contribution in [0.4, 0.5) is 5.69 Å². The van der Waals surface area contributed by atoms with Crippen molar-refractivity contribution in [2.75, 3.05) is 31.1 Å². The van der Waals surface area contributed by atoms with E-state index in [0.29, 0.717) is 10.9 Å². The Balaban J connectivity index is 1.59. The first-order chi connectivity index (χ1) is 10.3. The van der Waals surface area contributed by atoms with E-state index in [2.05, 4.69) is 22.0 Å². The molecule has 2 aliphatic rings. The van der Waals surface area contributed by atoms with Crippen LogP contribution in [0.15, 0.2) is 30.6 Å². The summed E-state index contributed by atoms with van der Waals surface area (Å²) >= 11 is 6.19. The number of carbonyl (C=O) groups excluding carboxylic acids is 1. The lowest BCUT2D eigenvalue weighted by Gasteiger charge is -2.38. The van der Waals surface area contributed by atoms with Gasteiger partial charge in [0.2, 0.25) is 5.91 Å². The number of piperazine rings is 1. The highest BCUT2D eigenvalue weighted by atomic mass is 35.5. The lowest BCUT2D eigenvalue weighted by Crippen LogP contribution is -2.50. The van der Waals surface area contributed by atoms with Crippen molar-refractivity contribution in [2.24, 2.45) is 5.92 Å². The molecule has 1 aromatic rings. The maximum atomic E-state index is 12.5. The summed E-state index contributed by atoms with van der Waals surface area (Å²) in [6, 6.07) is 1.94. The van der Waals surface area contributed by atoms with Crippen LogP contribution in [0.3, 0.4) is 0 Å². The summed E-state index contributed by atoms with van der Waals surface area (Å²) in [6.07, 6.45) is 10.7. The molecule has 0 N–H and O–H groups in total. The number of amides is 1. The van der Waals surface area contributed by atoms with Gasteiger partial charge in [-0.1, -0.05) is 23.8 Å². The van der Waals surface area contributed by atoms with Gasteiger partial charge in [0.25, 0.3) is 0 Å². The monoisotopic (exact) mass is 305 g/mol. The molecular weight excluding hydrogens is 286 g/mol. The van der Waals surface area contributed by atoms with Crippen LogP contribution in [0.25, 0.3) is 0 Å². The van der Waals surface area contributed by atoms with E-state index in [1.807, 2.05) is 11.0 Å². The summed E-state index contributed by atoms with van der Waals surface area (Å²) in [6.45, 7) is 3.21. The van der Waals surface area contributed by atoms with Gasteiger partial charge >= 0.3 is 0 Å². The number of allylic oxidation sites excluding steroid dienone is 2. The molecule has 1 amide bonds. The second-order valence-corrected chi connectivity index (χ2v) is 6.03. The number of hydrogen-bond donors (Lipinski definition) is 0. The second kappa shape index (κ2) is 6.48. The molecule has 0 bridgehead atoms. The minimum absolute atomic E-state index is 0.186. The topological polar surface area (TPSA) is 36.4 Å². The molecule has 1 aromatic heterocycles. The molecule has 0 aromatic carbocycles. The van der Waals surface area contributed by atoms with Gasteiger partial charge in [0.1, 0.15) is 0 Å². The van der Waals surface area contributed by atoms with Gasteiger partial charge in [0.05, 0.1) is 10.7 Å². The average molecular weight is 306 g/mol. The van der Waals surface area contributed by atoms with Crippen molar-refractivity contribution in [1.82, 2.24) is 9.88 Å². The van der Waals surface area contributed by atoms with Crippen molar-refractivity contribution in [3.8, 4) is 0 Å². The number of halogens is 1. The summed E-state index contributed by atoms with van der Waals surface area (Å²) in [4.78, 5) is 20.8. The minimum atomic E-state index is 0.186. The molecule has 1 saturated heterocycles. The molecule has 4 nitrogen and oxygen atoms in total. The van der Waals surface area contributed by atoms with Crippen LogP contribution in [0.5, 0.6) is 0 Å². The van der Waals surface area contributed by atoms with Crippen molar-refractivity contribution in [2.45, 2.75) is 19.3 Å². The number of rotatable bonds is 2. The maximum absolute atomic E-state index is 12.5. The summed E-state index contributed by atoms with van der Waals surface area (Å²) in [5.41, 5.74) is 1.01. The van der Waals surface area contributed by atoms with E-state index in [1.165, 1.54) is 0 Å². The lowest BCUT2D eigenvalue weighted by atomic mass is 9.93. The molecule has 21 heavy (non-hydrogen) atoms. The van der Waals surface area contributed by atoms with Crippen LogP contribution in [0, 0.1) is 5.92 Å². The third-order valence-electron chi connectivity index (χ3n) is 4.30. The number of carbonyl (C=O) groups is 1. The molecule has 0 spiro atoms. The Hall–Kier alpha value is -1.55. The highest BCUT2D eigenvalue weighted by Gasteiger charge is 2.27. The Morgan fingerprint density at radius 3 is 2.71 bits per heavy atom. The van der Waals surface area contributed by atoms with Gasteiger partial charge in [-0.3, -0.25) is 9.78 Å². The Labute approximate surface area is 130 Å². The predicted molar refractivity (Wildman–Crippen MR) is 84.5 cm³/mol. The van der Waals surface area contributed by atoms with Gasteiger partial charge in [-0.05, 0) is 25.3 Å². The number of pyridine rings is 1. The van der Waals surface area contributed by atoms with E-state index in [-0.39, 0.29) is 5.92 Å². The molecule has 3 rings (SSSR count). The van der Waals surface area contributed by atoms with Crippen molar-refractivity contribution in [1.29, 1.82) is 0 Å². The summed E-state index contributed by atoms with van der Waals surface area (Å²) in [7, 11) is 0. The van der Waals surface area contributed by atoms with E-state index in [4.69, 9.17) is 11.6 Å². The third kappa shape index (κ3) is 3.21. The fourth-order valence-corrected chi connectivity index (χ4v) is 3.31. The van der Waals surface area contributed by atoms with Gasteiger partial charge in [0.15, 0.2) is 0 Å². The quantitative estimate of drug-likeness (QED) is 0.788. The molecule has 2 heterocycles. The number of nitrogens with zero attached hydrogens (tertiary/aromatic N) is 3. The largest absolute Gasteiger partial charge is 0.367 e. The fourth-order valence-electron chi connectivity index (χ4n) is 3.07. The summed E-state index contributed by atoms with van der Waals surface area (Å²) in [5, 5.41) is 0.676. The summed E-state index contributed by atoms with van der Waals surface area (Å²) in [5.74, 6) is 0.505. The Bertz CT molecular complexity index is 538. The molecule has 1 fully saturated rings. The Morgan fingerprint density at radius 1 is 1.24 bits per heavy atom. The van der Waals surface area contributed by atoms with Crippen molar-refractivity contribution < 1.29 is 4.79 Å². The fraction of sp³-hybridized carbons (Fsp3) is 0.500. The molecule has 1 atom stereocenters. The highest BCUT2D eigenvalue weighted by Crippen LogP contribution is 2.26. The smallest absolute Gasteiger partial charge is 0.226 e. The predicted octanol–water partition coefficient (Wildman–Crippen LogP) is 2.74. The Morgan fingerprint density at radius 2 is 2.05 bits per heavy atom. The zero-order valence-corrected chi connectivity index (χ0v) is 12.8. The lowest BCUT2D eigenvalue weighted by molar-refractivity contribution is -0.136. The van der Waals surface area contributed by atoms with Crippen molar-refractivity contribution >= 4 is 23.2 Å². The first-order valence-electron chi connectivity index (χ1n) is 7.54. The zero-order valence-electron chi connectivity index (χ0n) is 12.0. The standard InChI is InChI=1S/C16H20ClN3O/c17-14-12-18-7-6-15(14)19-8-10-20(11-9-19)16(21)13-4-2-1-3-5-13/h1-2,6-7,12-13H,3-5,8-11H2. The van der Waals surface area contributed by atoms with Crippen LogP contribution < -0.4 is 4.90 Å². The van der Waals surface area contributed by atoms with Gasteiger partial charge < -0.3 is 9.80 Å². The molecule has 112 valence electrons. The number of hydrogen-bond acceptors (Lipinski definition) is 3. The first kappa shape index (κ1) is 14.4. The first-order valence-corrected chi connectivity index (χ1v) is 7.92. The average Bonchev–Trinajstić information content (AvgIpc) is 2.56. The molecule has 1 aliphatic heterocycles. The van der Waals surface area contributed by atoms with E-state index >= 15 is 0 Å². The summed E-state index contributed by atoms with van der Waals surface area (Å²) < 4.78 is 0. The molecule has 0 radical (unpaired) electrons. The van der Waals surface area contributed by atoms with E-state index in [1.54, 1.807) is 12.4 Å². The molecule has 1 aliphatic carbocycles. The zero-order chi connectivity index (χ0) is 14.7. The van der Waals surface area contributed by atoms with Crippen LogP contribution in [-0.4, -0.2) is 42.0 Å². The van der Waals surface area contributed by atoms with E-state index < -0.39 is 0 Å². The molecular formula is C16H20ClN3O. The second-order valence-electron chi connectivity index (χ2n) is 5.62. The van der Waals surface area contributed by atoms with E-state index in [0.717, 1.165) is 51.1 Å². The van der Waals surface area contributed by atoms with E-state index in [9.17, 15) is 4.79 Å². The van der Waals surface area contributed by atoms with Crippen LogP contribution >= 0.6 is 11.6 Å². The number of aromatic nitrogens is 1. The molecule has 0 saturated carbocycles. The SMILES string of the molecule is O=C(C1CC=CCC1)N1CCN(c2ccncc2Cl)CC1. The Kier molecular flexibility index (Phi) is 4.44. The van der Waals surface area contributed by atoms with Gasteiger partial charge in [-0.15, -0.1) is 0 Å². The van der Waals surface area contributed by atoms with Gasteiger partial charge in [0, 0.05) is 44.5 Å². The third-order valence-corrected chi connectivity index (χ3v) is 4.59. The maximum Gasteiger partial charge on any atom is 0.226 e. The molecule has 5 heteroatoms. The van der Waals surface area contributed by atoms with Gasteiger partial charge in [-0.2, -0.15) is 0 Å². The van der Waals surface area contributed by atoms with Crippen molar-refractivity contribution in [3.63, 3.8) is 0 Å². The highest BCUT2D eigenvalue weighted by molar-refractivity contribution is 6.33. The van der Waals surface area contributed by atoms with Crippen LogP contribution in [-0.2, 0) is 4.79 Å². The van der Waals surface area contributed by atoms with Crippen molar-refractivity contribution in [3.05, 3.63) is 35.6 Å². The normalized spacial score (nSPS) is 22.4.